The summed E-state index contributed by atoms with van der Waals surface area (Å²) in [5, 5.41) is 0.442. The van der Waals surface area contributed by atoms with Gasteiger partial charge < -0.3 is 15.4 Å². The van der Waals surface area contributed by atoms with Gasteiger partial charge in [-0.1, -0.05) is 11.6 Å². The third-order valence-electron chi connectivity index (χ3n) is 3.44. The van der Waals surface area contributed by atoms with Gasteiger partial charge >= 0.3 is 6.01 Å². The molecular formula is C12H17ClN4O2. The van der Waals surface area contributed by atoms with Crippen molar-refractivity contribution in [3.05, 3.63) is 11.2 Å². The molecule has 6 nitrogen and oxygen atoms in total. The van der Waals surface area contributed by atoms with E-state index >= 15 is 0 Å². The topological polar surface area (TPSA) is 81.3 Å². The Hall–Kier alpha value is -1.56. The Morgan fingerprint density at radius 1 is 1.58 bits per heavy atom. The van der Waals surface area contributed by atoms with Crippen molar-refractivity contribution in [2.45, 2.75) is 25.8 Å². The van der Waals surface area contributed by atoms with E-state index in [4.69, 9.17) is 22.1 Å². The van der Waals surface area contributed by atoms with Crippen LogP contribution >= 0.6 is 11.6 Å². The van der Waals surface area contributed by atoms with Gasteiger partial charge in [0.25, 0.3) is 0 Å². The van der Waals surface area contributed by atoms with Gasteiger partial charge in [-0.15, -0.1) is 0 Å². The summed E-state index contributed by atoms with van der Waals surface area (Å²) in [7, 11) is 1.50. The lowest BCUT2D eigenvalue weighted by molar-refractivity contribution is -0.122. The molecule has 7 heteroatoms. The molecule has 1 aliphatic heterocycles. The molecule has 0 saturated carbocycles. The van der Waals surface area contributed by atoms with Crippen molar-refractivity contribution in [3.63, 3.8) is 0 Å². The molecule has 0 radical (unpaired) electrons. The molecule has 1 aliphatic rings. The molecule has 1 aromatic rings. The molecule has 2 N–H and O–H groups in total. The number of nitrogens with zero attached hydrogens (tertiary/aromatic N) is 3. The number of nitrogens with two attached hydrogens (primary N) is 1. The second-order valence-electron chi connectivity index (χ2n) is 4.71. The van der Waals surface area contributed by atoms with Crippen LogP contribution in [-0.2, 0) is 4.79 Å². The van der Waals surface area contributed by atoms with Gasteiger partial charge in [-0.25, -0.2) is 4.98 Å². The molecule has 0 bridgehead atoms. The summed E-state index contributed by atoms with van der Waals surface area (Å²) in [5.41, 5.74) is 5.39. The molecule has 1 fully saturated rings. The SMILES string of the molecule is COc1ncc(Cl)c(N2CC(C(N)=O)CCC2C)n1. The zero-order chi connectivity index (χ0) is 14.0. The van der Waals surface area contributed by atoms with Crippen LogP contribution in [0, 0.1) is 5.92 Å². The maximum Gasteiger partial charge on any atom is 0.318 e. The molecule has 2 rings (SSSR count). The minimum absolute atomic E-state index is 0.173. The lowest BCUT2D eigenvalue weighted by Gasteiger charge is -2.38. The zero-order valence-electron chi connectivity index (χ0n) is 11.0. The summed E-state index contributed by atoms with van der Waals surface area (Å²) in [6, 6.07) is 0.500. The highest BCUT2D eigenvalue weighted by Gasteiger charge is 2.30. The van der Waals surface area contributed by atoms with Crippen LogP contribution < -0.4 is 15.4 Å². The number of rotatable bonds is 3. The number of carbonyl (C=O) groups is 1. The van der Waals surface area contributed by atoms with Gasteiger partial charge in [-0.05, 0) is 19.8 Å². The lowest BCUT2D eigenvalue weighted by atomic mass is 9.93. The molecule has 0 aliphatic carbocycles. The number of carbonyl (C=O) groups excluding carboxylic acids is 1. The summed E-state index contributed by atoms with van der Waals surface area (Å²) in [5.74, 6) is 0.134. The zero-order valence-corrected chi connectivity index (χ0v) is 11.7. The molecule has 0 spiro atoms. The second kappa shape index (κ2) is 5.61. The van der Waals surface area contributed by atoms with Crippen molar-refractivity contribution in [2.75, 3.05) is 18.6 Å². The van der Waals surface area contributed by atoms with Crippen LogP contribution in [0.4, 0.5) is 5.82 Å². The van der Waals surface area contributed by atoms with Crippen molar-refractivity contribution < 1.29 is 9.53 Å². The van der Waals surface area contributed by atoms with Crippen LogP contribution in [-0.4, -0.2) is 35.6 Å². The standard InChI is InChI=1S/C12H17ClN4O2/c1-7-3-4-8(10(14)18)6-17(7)11-9(13)5-15-12(16-11)19-2/h5,7-8H,3-4,6H2,1-2H3,(H2,14,18). The highest BCUT2D eigenvalue weighted by molar-refractivity contribution is 6.32. The first kappa shape index (κ1) is 13.9. The first-order valence-corrected chi connectivity index (χ1v) is 6.53. The Kier molecular flexibility index (Phi) is 4.09. The lowest BCUT2D eigenvalue weighted by Crippen LogP contribution is -2.46. The molecule has 2 atom stereocenters. The molecule has 19 heavy (non-hydrogen) atoms. The molecule has 2 unspecified atom stereocenters. The molecule has 0 aromatic carbocycles. The number of primary amides is 1. The number of anilines is 1. The van der Waals surface area contributed by atoms with Crippen molar-refractivity contribution in [2.24, 2.45) is 11.7 Å². The van der Waals surface area contributed by atoms with Crippen molar-refractivity contribution in [3.8, 4) is 6.01 Å². The van der Waals surface area contributed by atoms with E-state index in [-0.39, 0.29) is 23.9 Å². The fourth-order valence-electron chi connectivity index (χ4n) is 2.28. The number of amides is 1. The quantitative estimate of drug-likeness (QED) is 0.903. The second-order valence-corrected chi connectivity index (χ2v) is 5.11. The van der Waals surface area contributed by atoms with Crippen LogP contribution in [0.15, 0.2) is 6.20 Å². The Labute approximate surface area is 116 Å². The first-order valence-electron chi connectivity index (χ1n) is 6.15. The van der Waals surface area contributed by atoms with Gasteiger partial charge in [0.2, 0.25) is 5.91 Å². The van der Waals surface area contributed by atoms with Crippen molar-refractivity contribution in [1.29, 1.82) is 0 Å². The minimum Gasteiger partial charge on any atom is -0.467 e. The highest BCUT2D eigenvalue weighted by Crippen LogP contribution is 2.31. The van der Waals surface area contributed by atoms with Crippen LogP contribution in [0.1, 0.15) is 19.8 Å². The first-order chi connectivity index (χ1) is 9.02. The van der Waals surface area contributed by atoms with Gasteiger partial charge in [0.05, 0.1) is 19.2 Å². The average Bonchev–Trinajstić information content (AvgIpc) is 2.40. The number of methoxy groups -OCH3 is 1. The van der Waals surface area contributed by atoms with E-state index in [0.717, 1.165) is 12.8 Å². The van der Waals surface area contributed by atoms with Crippen LogP contribution in [0.3, 0.4) is 0 Å². The molecule has 104 valence electrons. The van der Waals surface area contributed by atoms with E-state index in [9.17, 15) is 4.79 Å². The van der Waals surface area contributed by atoms with E-state index in [1.807, 2.05) is 4.90 Å². The maximum atomic E-state index is 11.4. The summed E-state index contributed by atoms with van der Waals surface area (Å²) in [6.07, 6.45) is 3.17. The van der Waals surface area contributed by atoms with Crippen LogP contribution in [0.5, 0.6) is 6.01 Å². The van der Waals surface area contributed by atoms with E-state index in [0.29, 0.717) is 17.4 Å². The number of hydrogen-bond donors (Lipinski definition) is 1. The maximum absolute atomic E-state index is 11.4. The smallest absolute Gasteiger partial charge is 0.318 e. The van der Waals surface area contributed by atoms with Gasteiger partial charge in [0, 0.05) is 12.6 Å². The van der Waals surface area contributed by atoms with E-state index in [1.54, 1.807) is 0 Å². The summed E-state index contributed by atoms with van der Waals surface area (Å²) in [4.78, 5) is 21.6. The molecular weight excluding hydrogens is 268 g/mol. The van der Waals surface area contributed by atoms with E-state index in [2.05, 4.69) is 16.9 Å². The monoisotopic (exact) mass is 284 g/mol. The van der Waals surface area contributed by atoms with Crippen LogP contribution in [0.2, 0.25) is 5.02 Å². The van der Waals surface area contributed by atoms with Crippen LogP contribution in [0.25, 0.3) is 0 Å². The minimum atomic E-state index is -0.283. The van der Waals surface area contributed by atoms with E-state index in [1.165, 1.54) is 13.3 Å². The Morgan fingerprint density at radius 2 is 2.32 bits per heavy atom. The highest BCUT2D eigenvalue weighted by atomic mass is 35.5. The number of halogens is 1. The summed E-state index contributed by atoms with van der Waals surface area (Å²) >= 11 is 6.14. The summed E-state index contributed by atoms with van der Waals surface area (Å²) < 4.78 is 5.01. The molecule has 2 heterocycles. The van der Waals surface area contributed by atoms with E-state index < -0.39 is 0 Å². The molecule has 1 aromatic heterocycles. The largest absolute Gasteiger partial charge is 0.467 e. The average molecular weight is 285 g/mol. The third kappa shape index (κ3) is 2.89. The number of ether oxygens (including phenoxy) is 1. The Balaban J connectivity index is 2.30. The Morgan fingerprint density at radius 3 is 2.95 bits per heavy atom. The van der Waals surface area contributed by atoms with Gasteiger partial charge in [-0.2, -0.15) is 4.98 Å². The third-order valence-corrected chi connectivity index (χ3v) is 3.71. The number of piperidine rings is 1. The molecule has 1 saturated heterocycles. The predicted octanol–water partition coefficient (Wildman–Crippen LogP) is 1.23. The fraction of sp³-hybridized carbons (Fsp3) is 0.583. The predicted molar refractivity (Wildman–Crippen MR) is 72.3 cm³/mol. The van der Waals surface area contributed by atoms with Crippen molar-refractivity contribution in [1.82, 2.24) is 9.97 Å². The number of hydrogen-bond acceptors (Lipinski definition) is 5. The molecule has 1 amide bonds. The number of aromatic nitrogens is 2. The van der Waals surface area contributed by atoms with Gasteiger partial charge in [-0.3, -0.25) is 4.79 Å². The fourth-order valence-corrected chi connectivity index (χ4v) is 2.48. The van der Waals surface area contributed by atoms with Gasteiger partial charge in [0.15, 0.2) is 5.82 Å². The van der Waals surface area contributed by atoms with Crippen molar-refractivity contribution >= 4 is 23.3 Å². The Bertz CT molecular complexity index is 483. The normalized spacial score (nSPS) is 23.2. The van der Waals surface area contributed by atoms with Gasteiger partial charge in [0.1, 0.15) is 5.02 Å². The summed E-state index contributed by atoms with van der Waals surface area (Å²) in [6.45, 7) is 2.60.